The number of aliphatic hydroxyl groups excluding tert-OH is 2. The van der Waals surface area contributed by atoms with E-state index in [1.165, 1.54) is 0 Å². The number of rotatable bonds is 8. The Morgan fingerprint density at radius 3 is 2.43 bits per heavy atom. The summed E-state index contributed by atoms with van der Waals surface area (Å²) in [5.74, 6) is -1.11. The van der Waals surface area contributed by atoms with Crippen LogP contribution in [0, 0.1) is 5.95 Å². The van der Waals surface area contributed by atoms with Gasteiger partial charge in [0, 0.05) is 11.6 Å². The second-order valence-electron chi connectivity index (χ2n) is 5.36. The van der Waals surface area contributed by atoms with Gasteiger partial charge in [0.2, 0.25) is 5.56 Å². The van der Waals surface area contributed by atoms with Gasteiger partial charge in [0.05, 0.1) is 6.61 Å². The number of halogens is 1. The van der Waals surface area contributed by atoms with Crippen LogP contribution < -0.4 is 5.56 Å². The van der Waals surface area contributed by atoms with Crippen LogP contribution in [0.15, 0.2) is 16.9 Å². The quantitative estimate of drug-likeness (QED) is 0.205. The number of hydrogen-bond donors (Lipinski definition) is 6. The van der Waals surface area contributed by atoms with Crippen molar-refractivity contribution in [2.24, 2.45) is 0 Å². The first-order chi connectivity index (χ1) is 12.8. The lowest BCUT2D eigenvalue weighted by molar-refractivity contribution is -0.0185. The zero-order valence-electron chi connectivity index (χ0n) is 13.4. The van der Waals surface area contributed by atoms with E-state index < -0.39 is 66.4 Å². The molecule has 0 amide bonds. The highest BCUT2D eigenvalue weighted by Crippen LogP contribution is 2.61. The molecule has 1 fully saturated rings. The van der Waals surface area contributed by atoms with Gasteiger partial charge in [-0.1, -0.05) is 0 Å². The molecule has 1 aromatic heterocycles. The number of pyridine rings is 1. The molecular formula is C10H15FNO13P3. The van der Waals surface area contributed by atoms with E-state index in [0.29, 0.717) is 0 Å². The zero-order chi connectivity index (χ0) is 21.3. The largest absolute Gasteiger partial charge is 0.488 e. The van der Waals surface area contributed by atoms with Crippen LogP contribution in [-0.4, -0.2) is 54.8 Å². The standard InChI is InChI=1S/C10H15FNO13P3/c11-10-4(1-2-6(13)12-10)9-8(15)7(14)5(23-9)3-22-26(16)24-28(20,21)25-27(17,18)19/h1-2,5,7-9,14-15,26H,3H2,(H,12,13)(H,20,21)(H2,17,18,19)/t5-,7?,8+,9+/m1/s1. The third-order valence-corrected chi connectivity index (χ3v) is 6.93. The van der Waals surface area contributed by atoms with E-state index in [1.807, 2.05) is 4.98 Å². The van der Waals surface area contributed by atoms with Crippen LogP contribution >= 0.6 is 23.9 Å². The number of H-pyrrole nitrogens is 1. The fraction of sp³-hybridized carbons (Fsp3) is 0.500. The highest BCUT2D eigenvalue weighted by molar-refractivity contribution is 7.64. The lowest BCUT2D eigenvalue weighted by Crippen LogP contribution is -2.33. The summed E-state index contributed by atoms with van der Waals surface area (Å²) < 4.78 is 64.1. The first-order valence-corrected chi connectivity index (χ1v) is 11.4. The monoisotopic (exact) mass is 469 g/mol. The highest BCUT2D eigenvalue weighted by atomic mass is 31.3. The van der Waals surface area contributed by atoms with Crippen LogP contribution in [0.25, 0.3) is 0 Å². The third kappa shape index (κ3) is 6.36. The smallest absolute Gasteiger partial charge is 0.387 e. The van der Waals surface area contributed by atoms with Gasteiger partial charge in [-0.2, -0.15) is 8.70 Å². The van der Waals surface area contributed by atoms with Crippen molar-refractivity contribution in [2.75, 3.05) is 6.61 Å². The van der Waals surface area contributed by atoms with Gasteiger partial charge in [-0.25, -0.2) is 13.4 Å². The average molecular weight is 469 g/mol. The normalized spacial score (nSPS) is 28.8. The molecule has 6 N–H and O–H groups in total. The summed E-state index contributed by atoms with van der Waals surface area (Å²) in [5, 5.41) is 19.9. The SMILES string of the molecule is O=c1ccc([C@@H]2O[C@H](CO[PH](=O)OP(=O)(O)OP(=O)(O)O)C(O)[C@@H]2O)c(F)[nH]1. The Bertz CT molecular complexity index is 886. The molecular weight excluding hydrogens is 454 g/mol. The van der Waals surface area contributed by atoms with E-state index in [2.05, 4.69) is 13.1 Å². The van der Waals surface area contributed by atoms with Gasteiger partial charge in [0.15, 0.2) is 5.95 Å². The Morgan fingerprint density at radius 1 is 1.21 bits per heavy atom. The van der Waals surface area contributed by atoms with Crippen molar-refractivity contribution >= 4 is 23.9 Å². The Kier molecular flexibility index (Phi) is 7.48. The summed E-state index contributed by atoms with van der Waals surface area (Å²) in [6, 6.07) is 1.97. The van der Waals surface area contributed by atoms with Crippen molar-refractivity contribution in [2.45, 2.75) is 24.4 Å². The van der Waals surface area contributed by atoms with Gasteiger partial charge >= 0.3 is 23.9 Å². The molecule has 0 bridgehead atoms. The summed E-state index contributed by atoms with van der Waals surface area (Å²) in [6.45, 7) is -0.784. The Morgan fingerprint density at radius 2 is 1.86 bits per heavy atom. The lowest BCUT2D eigenvalue weighted by atomic mass is 10.0. The maximum atomic E-state index is 13.8. The summed E-state index contributed by atoms with van der Waals surface area (Å²) in [6.07, 6.45) is -6.16. The van der Waals surface area contributed by atoms with Crippen molar-refractivity contribution in [3.05, 3.63) is 34.0 Å². The number of ether oxygens (including phenoxy) is 1. The van der Waals surface area contributed by atoms with Crippen molar-refractivity contribution in [1.29, 1.82) is 0 Å². The second-order valence-corrected chi connectivity index (χ2v) is 9.45. The molecule has 0 saturated carbocycles. The van der Waals surface area contributed by atoms with E-state index in [1.54, 1.807) is 0 Å². The summed E-state index contributed by atoms with van der Waals surface area (Å²) in [4.78, 5) is 38.7. The van der Waals surface area contributed by atoms with Crippen molar-refractivity contribution < 1.29 is 60.9 Å². The van der Waals surface area contributed by atoms with Gasteiger partial charge < -0.3 is 34.2 Å². The van der Waals surface area contributed by atoms with Crippen molar-refractivity contribution in [1.82, 2.24) is 4.98 Å². The van der Waals surface area contributed by atoms with Crippen LogP contribution in [0.1, 0.15) is 11.7 Å². The van der Waals surface area contributed by atoms with Gasteiger partial charge in [0.1, 0.15) is 24.4 Å². The van der Waals surface area contributed by atoms with Crippen molar-refractivity contribution in [3.8, 4) is 0 Å². The first-order valence-electron chi connectivity index (χ1n) is 7.15. The first kappa shape index (κ1) is 23.5. The minimum atomic E-state index is -5.43. The number of aliphatic hydroxyl groups is 2. The molecule has 160 valence electrons. The molecule has 0 aliphatic carbocycles. The van der Waals surface area contributed by atoms with E-state index in [4.69, 9.17) is 19.4 Å². The fourth-order valence-electron chi connectivity index (χ4n) is 2.25. The predicted octanol–water partition coefficient (Wildman–Crippen LogP) is -0.692. The van der Waals surface area contributed by atoms with Gasteiger partial charge in [0.25, 0.3) is 0 Å². The molecule has 18 heteroatoms. The maximum absolute atomic E-state index is 13.8. The molecule has 1 aliphatic rings. The molecule has 1 aliphatic heterocycles. The molecule has 1 aromatic rings. The van der Waals surface area contributed by atoms with Crippen LogP contribution in [-0.2, 0) is 31.6 Å². The van der Waals surface area contributed by atoms with Crippen LogP contribution in [0.3, 0.4) is 0 Å². The number of nitrogens with one attached hydrogen (secondary N) is 1. The van der Waals surface area contributed by atoms with Crippen molar-refractivity contribution in [3.63, 3.8) is 0 Å². The topological polar surface area (TPSA) is 222 Å². The lowest BCUT2D eigenvalue weighted by Gasteiger charge is -2.16. The van der Waals surface area contributed by atoms with Gasteiger partial charge in [-0.3, -0.25) is 14.3 Å². The molecule has 14 nitrogen and oxygen atoms in total. The van der Waals surface area contributed by atoms with E-state index in [-0.39, 0.29) is 5.56 Å². The maximum Gasteiger partial charge on any atom is 0.488 e. The number of aromatic amines is 1. The molecule has 2 heterocycles. The van der Waals surface area contributed by atoms with Crippen LogP contribution in [0.4, 0.5) is 4.39 Å². The van der Waals surface area contributed by atoms with E-state index in [0.717, 1.165) is 12.1 Å². The average Bonchev–Trinajstić information content (AvgIpc) is 2.78. The molecule has 3 unspecified atom stereocenters. The molecule has 6 atom stereocenters. The minimum absolute atomic E-state index is 0.285. The van der Waals surface area contributed by atoms with Gasteiger partial charge in [-0.15, -0.1) is 0 Å². The van der Waals surface area contributed by atoms with Crippen LogP contribution in [0.2, 0.25) is 0 Å². The Labute approximate surface area is 155 Å². The molecule has 1 saturated heterocycles. The van der Waals surface area contributed by atoms with Crippen LogP contribution in [0.5, 0.6) is 0 Å². The Balaban J connectivity index is 1.98. The number of phosphoric acid groups is 2. The zero-order valence-corrected chi connectivity index (χ0v) is 16.2. The van der Waals surface area contributed by atoms with E-state index >= 15 is 0 Å². The summed E-state index contributed by atoms with van der Waals surface area (Å²) >= 11 is 0. The van der Waals surface area contributed by atoms with Gasteiger partial charge in [-0.05, 0) is 6.07 Å². The van der Waals surface area contributed by atoms with E-state index in [9.17, 15) is 33.1 Å². The number of aromatic nitrogens is 1. The molecule has 0 radical (unpaired) electrons. The Hall–Kier alpha value is -0.790. The predicted molar refractivity (Wildman–Crippen MR) is 85.6 cm³/mol. The molecule has 0 aromatic carbocycles. The molecule has 2 rings (SSSR count). The third-order valence-electron chi connectivity index (χ3n) is 3.33. The molecule has 28 heavy (non-hydrogen) atoms. The number of hydrogen-bond acceptors (Lipinski definition) is 10. The minimum Gasteiger partial charge on any atom is -0.387 e. The fourth-order valence-corrected chi connectivity index (χ4v) is 5.02. The summed E-state index contributed by atoms with van der Waals surface area (Å²) in [7, 11) is -14.7. The summed E-state index contributed by atoms with van der Waals surface area (Å²) in [5.41, 5.74) is -1.04. The molecule has 0 spiro atoms. The highest BCUT2D eigenvalue weighted by Gasteiger charge is 2.45. The second kappa shape index (κ2) is 8.92.